The summed E-state index contributed by atoms with van der Waals surface area (Å²) in [6.07, 6.45) is -2.04. The summed E-state index contributed by atoms with van der Waals surface area (Å²) in [6.45, 7) is 7.01. The third kappa shape index (κ3) is 3.16. The molecule has 0 heterocycles. The molecule has 1 aliphatic rings. The number of carboxylic acids is 1. The van der Waals surface area contributed by atoms with Gasteiger partial charge in [0.1, 0.15) is 17.4 Å². The molecule has 0 spiro atoms. The van der Waals surface area contributed by atoms with E-state index in [1.807, 2.05) is 0 Å². The summed E-state index contributed by atoms with van der Waals surface area (Å²) in [5.74, 6) is -2.28. The molecule has 0 aromatic carbocycles. The molecule has 2 unspecified atom stereocenters. The Bertz CT molecular complexity index is 439. The molecule has 108 valence electrons. The van der Waals surface area contributed by atoms with Gasteiger partial charge in [0.05, 0.1) is 6.42 Å². The number of hydrogen-bond acceptors (Lipinski definition) is 1. The van der Waals surface area contributed by atoms with Gasteiger partial charge in [-0.05, 0) is 28.6 Å². The lowest BCUT2D eigenvalue weighted by Crippen LogP contribution is -2.31. The van der Waals surface area contributed by atoms with E-state index >= 15 is 0 Å². The fourth-order valence-corrected chi connectivity index (χ4v) is 2.79. The van der Waals surface area contributed by atoms with Crippen LogP contribution in [0.2, 0.25) is 0 Å². The van der Waals surface area contributed by atoms with Gasteiger partial charge in [-0.2, -0.15) is 0 Å². The minimum absolute atomic E-state index is 0.215. The summed E-state index contributed by atoms with van der Waals surface area (Å²) in [6, 6.07) is 0. The fraction of sp³-hybridized carbons (Fsp3) is 0.643. The predicted molar refractivity (Wildman–Crippen MR) is 71.6 cm³/mol. The monoisotopic (exact) mass is 292 g/mol. The zero-order chi connectivity index (χ0) is 14.9. The molecule has 0 saturated heterocycles. The van der Waals surface area contributed by atoms with E-state index in [4.69, 9.17) is 16.7 Å². The van der Waals surface area contributed by atoms with Gasteiger partial charge in [0.2, 0.25) is 0 Å². The zero-order valence-electron chi connectivity index (χ0n) is 11.5. The number of halogens is 3. The van der Waals surface area contributed by atoms with Crippen molar-refractivity contribution in [1.82, 2.24) is 0 Å². The molecule has 2 nitrogen and oxygen atoms in total. The first kappa shape index (κ1) is 16.2. The van der Waals surface area contributed by atoms with Crippen LogP contribution in [0, 0.1) is 11.8 Å². The maximum Gasteiger partial charge on any atom is 0.307 e. The van der Waals surface area contributed by atoms with Crippen molar-refractivity contribution in [2.24, 2.45) is 11.8 Å². The summed E-state index contributed by atoms with van der Waals surface area (Å²) in [5, 5.41) is 7.61. The van der Waals surface area contributed by atoms with Crippen molar-refractivity contribution in [2.75, 3.05) is 0 Å². The van der Waals surface area contributed by atoms with Crippen molar-refractivity contribution in [3.05, 3.63) is 22.5 Å². The average Bonchev–Trinajstić information content (AvgIpc) is 2.24. The van der Waals surface area contributed by atoms with E-state index in [9.17, 15) is 13.6 Å². The van der Waals surface area contributed by atoms with Gasteiger partial charge in [-0.15, -0.1) is 11.6 Å². The van der Waals surface area contributed by atoms with E-state index in [0.717, 1.165) is 0 Å². The molecule has 0 fully saturated rings. The van der Waals surface area contributed by atoms with E-state index in [-0.39, 0.29) is 29.4 Å². The Hall–Kier alpha value is -0.900. The number of carboxylic acid groups (broad SMARTS) is 1. The highest BCUT2D eigenvalue weighted by molar-refractivity contribution is 6.23. The van der Waals surface area contributed by atoms with Crippen LogP contribution in [0.3, 0.4) is 0 Å². The van der Waals surface area contributed by atoms with Gasteiger partial charge in [-0.1, -0.05) is 27.7 Å². The number of alkyl halides is 2. The molecule has 1 aliphatic carbocycles. The van der Waals surface area contributed by atoms with E-state index < -0.39 is 23.3 Å². The second-order valence-electron chi connectivity index (χ2n) is 5.38. The number of allylic oxidation sites excluding steroid dienone is 3. The Morgan fingerprint density at radius 2 is 1.84 bits per heavy atom. The van der Waals surface area contributed by atoms with Crippen molar-refractivity contribution in [3.8, 4) is 0 Å². The maximum atomic E-state index is 14.2. The SMILES string of the molecule is CC(C)C1=C(F)C(Cl)C(F)C(C(C)C)=C1CC(=O)O. The lowest BCUT2D eigenvalue weighted by Gasteiger charge is -2.32. The largest absolute Gasteiger partial charge is 0.481 e. The van der Waals surface area contributed by atoms with E-state index in [1.54, 1.807) is 27.7 Å². The molecule has 0 aromatic rings. The standard InChI is InChI=1S/C14H19ClF2O2/c1-6(2)10-8(5-9(18)19)11(7(3)4)14(17)12(15)13(10)16/h6-7,12-13H,5H2,1-4H3,(H,18,19). The summed E-state index contributed by atoms with van der Waals surface area (Å²) in [7, 11) is 0. The van der Waals surface area contributed by atoms with Crippen LogP contribution in [0.1, 0.15) is 34.1 Å². The summed E-state index contributed by atoms with van der Waals surface area (Å²) in [4.78, 5) is 11.0. The third-order valence-electron chi connectivity index (χ3n) is 3.25. The Balaban J connectivity index is 3.49. The minimum atomic E-state index is -1.67. The molecular formula is C14H19ClF2O2. The Kier molecular flexibility index (Phi) is 5.13. The van der Waals surface area contributed by atoms with Crippen LogP contribution >= 0.6 is 11.6 Å². The van der Waals surface area contributed by atoms with Crippen molar-refractivity contribution >= 4 is 17.6 Å². The lowest BCUT2D eigenvalue weighted by atomic mass is 9.78. The lowest BCUT2D eigenvalue weighted by molar-refractivity contribution is -0.136. The quantitative estimate of drug-likeness (QED) is 0.786. The van der Waals surface area contributed by atoms with Crippen LogP contribution in [0.25, 0.3) is 0 Å². The fourth-order valence-electron chi connectivity index (χ4n) is 2.54. The summed E-state index contributed by atoms with van der Waals surface area (Å²) < 4.78 is 28.4. The van der Waals surface area contributed by atoms with Crippen LogP contribution in [0.15, 0.2) is 22.5 Å². The van der Waals surface area contributed by atoms with E-state index in [2.05, 4.69) is 0 Å². The van der Waals surface area contributed by atoms with Crippen molar-refractivity contribution in [3.63, 3.8) is 0 Å². The highest BCUT2D eigenvalue weighted by Gasteiger charge is 2.39. The Morgan fingerprint density at radius 3 is 2.21 bits per heavy atom. The molecule has 1 rings (SSSR count). The second-order valence-corrected chi connectivity index (χ2v) is 5.85. The smallest absolute Gasteiger partial charge is 0.307 e. The van der Waals surface area contributed by atoms with E-state index in [0.29, 0.717) is 5.57 Å². The topological polar surface area (TPSA) is 37.3 Å². The van der Waals surface area contributed by atoms with Gasteiger partial charge in [0, 0.05) is 0 Å². The van der Waals surface area contributed by atoms with E-state index in [1.165, 1.54) is 0 Å². The highest BCUT2D eigenvalue weighted by Crippen LogP contribution is 2.43. The molecule has 1 N–H and O–H groups in total. The first-order valence-corrected chi connectivity index (χ1v) is 6.74. The first-order chi connectivity index (χ1) is 8.68. The van der Waals surface area contributed by atoms with Crippen LogP contribution in [0.5, 0.6) is 0 Å². The maximum absolute atomic E-state index is 14.2. The number of hydrogen-bond donors (Lipinski definition) is 1. The average molecular weight is 293 g/mol. The molecule has 0 saturated carbocycles. The normalized spacial score (nSPS) is 24.7. The molecule has 5 heteroatoms. The minimum Gasteiger partial charge on any atom is -0.481 e. The summed E-state index contributed by atoms with van der Waals surface area (Å²) in [5.41, 5.74) is 0.826. The first-order valence-electron chi connectivity index (χ1n) is 6.31. The second kappa shape index (κ2) is 6.04. The third-order valence-corrected chi connectivity index (χ3v) is 3.67. The molecule has 0 amide bonds. The van der Waals surface area contributed by atoms with Crippen molar-refractivity contribution in [2.45, 2.75) is 45.7 Å². The highest BCUT2D eigenvalue weighted by atomic mass is 35.5. The molecular weight excluding hydrogens is 274 g/mol. The zero-order valence-corrected chi connectivity index (χ0v) is 12.3. The van der Waals surface area contributed by atoms with Gasteiger partial charge in [-0.3, -0.25) is 4.79 Å². The number of rotatable bonds is 4. The van der Waals surface area contributed by atoms with Crippen LogP contribution in [-0.2, 0) is 4.79 Å². The molecule has 0 radical (unpaired) electrons. The van der Waals surface area contributed by atoms with Crippen molar-refractivity contribution in [1.29, 1.82) is 0 Å². The molecule has 0 aliphatic heterocycles. The van der Waals surface area contributed by atoms with Gasteiger partial charge >= 0.3 is 5.97 Å². The molecule has 0 bridgehead atoms. The van der Waals surface area contributed by atoms with Crippen LogP contribution < -0.4 is 0 Å². The van der Waals surface area contributed by atoms with Crippen LogP contribution in [0.4, 0.5) is 8.78 Å². The van der Waals surface area contributed by atoms with Crippen molar-refractivity contribution < 1.29 is 18.7 Å². The van der Waals surface area contributed by atoms with Gasteiger partial charge in [-0.25, -0.2) is 8.78 Å². The van der Waals surface area contributed by atoms with Crippen LogP contribution in [-0.4, -0.2) is 22.6 Å². The number of carbonyl (C=O) groups is 1. The Morgan fingerprint density at radius 1 is 1.32 bits per heavy atom. The molecule has 0 aromatic heterocycles. The summed E-state index contributed by atoms with van der Waals surface area (Å²) >= 11 is 5.81. The van der Waals surface area contributed by atoms with Gasteiger partial charge < -0.3 is 5.11 Å². The number of aliphatic carboxylic acids is 1. The van der Waals surface area contributed by atoms with Gasteiger partial charge in [0.25, 0.3) is 0 Å². The predicted octanol–water partition coefficient (Wildman–Crippen LogP) is 4.25. The molecule has 2 atom stereocenters. The van der Waals surface area contributed by atoms with Gasteiger partial charge in [0.15, 0.2) is 0 Å². The Labute approximate surface area is 117 Å². The molecule has 19 heavy (non-hydrogen) atoms.